The van der Waals surface area contributed by atoms with Crippen molar-refractivity contribution in [2.75, 3.05) is 6.67 Å². The van der Waals surface area contributed by atoms with Gasteiger partial charge in [0.15, 0.2) is 6.36 Å². The van der Waals surface area contributed by atoms with Crippen molar-refractivity contribution < 1.29 is 13.9 Å². The first-order valence-corrected chi connectivity index (χ1v) is 2.15. The zero-order valence-electron chi connectivity index (χ0n) is 3.90. The summed E-state index contributed by atoms with van der Waals surface area (Å²) < 4.78 is 22.4. The maximum atomic E-state index is 11.3. The fourth-order valence-electron chi connectivity index (χ4n) is 0.246. The van der Waals surface area contributed by atoms with Gasteiger partial charge in [0.2, 0.25) is 0 Å². The van der Waals surface area contributed by atoms with Crippen LogP contribution < -0.4 is 0 Å². The standard InChI is InChI=1S/C4H8F2O/c5-3-1-2-4(6)7/h4,7H,1-3H2. The summed E-state index contributed by atoms with van der Waals surface area (Å²) in [4.78, 5) is 0. The Morgan fingerprint density at radius 1 is 1.57 bits per heavy atom. The molecule has 0 amide bonds. The molecule has 1 nitrogen and oxygen atoms in total. The van der Waals surface area contributed by atoms with Gasteiger partial charge < -0.3 is 5.11 Å². The average Bonchev–Trinajstić information content (AvgIpc) is 1.61. The van der Waals surface area contributed by atoms with Gasteiger partial charge >= 0.3 is 0 Å². The lowest BCUT2D eigenvalue weighted by atomic mass is 10.3. The van der Waals surface area contributed by atoms with Gasteiger partial charge in [0.05, 0.1) is 6.67 Å². The molecular formula is C4H8F2O. The maximum absolute atomic E-state index is 11.3. The second-order valence-electron chi connectivity index (χ2n) is 1.27. The Morgan fingerprint density at radius 2 is 2.14 bits per heavy atom. The molecule has 0 heterocycles. The highest BCUT2D eigenvalue weighted by Crippen LogP contribution is 1.96. The predicted molar refractivity (Wildman–Crippen MR) is 22.3 cm³/mol. The van der Waals surface area contributed by atoms with E-state index in [9.17, 15) is 8.78 Å². The first-order valence-electron chi connectivity index (χ1n) is 2.15. The average molecular weight is 110 g/mol. The van der Waals surface area contributed by atoms with E-state index in [-0.39, 0.29) is 12.8 Å². The van der Waals surface area contributed by atoms with Crippen molar-refractivity contribution >= 4 is 0 Å². The first kappa shape index (κ1) is 6.82. The second kappa shape index (κ2) is 3.99. The highest BCUT2D eigenvalue weighted by Gasteiger charge is 1.96. The van der Waals surface area contributed by atoms with Gasteiger partial charge in [-0.3, -0.25) is 4.39 Å². The van der Waals surface area contributed by atoms with Crippen LogP contribution in [-0.4, -0.2) is 18.1 Å². The van der Waals surface area contributed by atoms with E-state index in [0.29, 0.717) is 0 Å². The summed E-state index contributed by atoms with van der Waals surface area (Å²) in [6.45, 7) is -0.555. The van der Waals surface area contributed by atoms with Gasteiger partial charge in [-0.15, -0.1) is 0 Å². The number of hydrogen-bond acceptors (Lipinski definition) is 1. The minimum absolute atomic E-state index is 0.0868. The third-order valence-electron chi connectivity index (χ3n) is 0.576. The van der Waals surface area contributed by atoms with Crippen LogP contribution in [0.3, 0.4) is 0 Å². The molecule has 0 fully saturated rings. The molecule has 0 aromatic carbocycles. The summed E-state index contributed by atoms with van der Waals surface area (Å²) in [5, 5.41) is 7.85. The fourth-order valence-corrected chi connectivity index (χ4v) is 0.246. The Morgan fingerprint density at radius 3 is 2.29 bits per heavy atom. The zero-order chi connectivity index (χ0) is 5.70. The molecule has 0 aliphatic carbocycles. The molecule has 0 spiro atoms. The quantitative estimate of drug-likeness (QED) is 0.575. The van der Waals surface area contributed by atoms with Gasteiger partial charge in [0.1, 0.15) is 0 Å². The van der Waals surface area contributed by atoms with Gasteiger partial charge in [0, 0.05) is 6.42 Å². The Bertz CT molecular complexity index is 38.7. The molecule has 0 aromatic heterocycles. The van der Waals surface area contributed by atoms with Crippen molar-refractivity contribution in [1.29, 1.82) is 0 Å². The van der Waals surface area contributed by atoms with Crippen LogP contribution in [-0.2, 0) is 0 Å². The van der Waals surface area contributed by atoms with Crippen LogP contribution in [0.1, 0.15) is 12.8 Å². The van der Waals surface area contributed by atoms with Gasteiger partial charge in [-0.25, -0.2) is 4.39 Å². The third kappa shape index (κ3) is 5.82. The van der Waals surface area contributed by atoms with Crippen LogP contribution in [0.5, 0.6) is 0 Å². The van der Waals surface area contributed by atoms with E-state index in [1.165, 1.54) is 0 Å². The van der Waals surface area contributed by atoms with Crippen molar-refractivity contribution in [3.63, 3.8) is 0 Å². The van der Waals surface area contributed by atoms with Crippen LogP contribution in [0.2, 0.25) is 0 Å². The van der Waals surface area contributed by atoms with Gasteiger partial charge in [0.25, 0.3) is 0 Å². The topological polar surface area (TPSA) is 20.2 Å². The van der Waals surface area contributed by atoms with E-state index < -0.39 is 13.0 Å². The largest absolute Gasteiger partial charge is 0.364 e. The lowest BCUT2D eigenvalue weighted by molar-refractivity contribution is 0.0313. The molecule has 1 N–H and O–H groups in total. The van der Waals surface area contributed by atoms with Crippen LogP contribution in [0.15, 0.2) is 0 Å². The summed E-state index contributed by atoms with van der Waals surface area (Å²) in [5.41, 5.74) is 0. The Hall–Kier alpha value is -0.180. The van der Waals surface area contributed by atoms with Crippen LogP contribution in [0.4, 0.5) is 8.78 Å². The Kier molecular flexibility index (Phi) is 3.89. The molecule has 0 saturated carbocycles. The van der Waals surface area contributed by atoms with E-state index in [1.807, 2.05) is 0 Å². The maximum Gasteiger partial charge on any atom is 0.196 e. The molecule has 3 heteroatoms. The molecule has 0 bridgehead atoms. The molecule has 0 aliphatic heterocycles. The number of halogens is 2. The molecule has 0 rings (SSSR count). The van der Waals surface area contributed by atoms with E-state index in [1.54, 1.807) is 0 Å². The molecule has 0 radical (unpaired) electrons. The molecule has 0 aromatic rings. The smallest absolute Gasteiger partial charge is 0.196 e. The lowest BCUT2D eigenvalue weighted by Crippen LogP contribution is -1.96. The van der Waals surface area contributed by atoms with Gasteiger partial charge in [-0.2, -0.15) is 0 Å². The molecule has 1 atom stereocenters. The molecule has 44 valence electrons. The van der Waals surface area contributed by atoms with Crippen molar-refractivity contribution in [3.05, 3.63) is 0 Å². The van der Waals surface area contributed by atoms with Crippen LogP contribution in [0.25, 0.3) is 0 Å². The van der Waals surface area contributed by atoms with Crippen LogP contribution in [0, 0.1) is 0 Å². The number of hydrogen-bond donors (Lipinski definition) is 1. The number of rotatable bonds is 3. The normalized spacial score (nSPS) is 14.1. The predicted octanol–water partition coefficient (Wildman–Crippen LogP) is 1.02. The number of alkyl halides is 2. The highest BCUT2D eigenvalue weighted by atomic mass is 19.1. The summed E-state index contributed by atoms with van der Waals surface area (Å²) in [7, 11) is 0. The summed E-state index contributed by atoms with van der Waals surface area (Å²) in [6, 6.07) is 0. The fraction of sp³-hybridized carbons (Fsp3) is 1.00. The molecule has 0 aliphatic rings. The molecular weight excluding hydrogens is 102 g/mol. The molecule has 7 heavy (non-hydrogen) atoms. The van der Waals surface area contributed by atoms with Crippen molar-refractivity contribution in [3.8, 4) is 0 Å². The number of aliphatic hydroxyl groups is 1. The van der Waals surface area contributed by atoms with Crippen molar-refractivity contribution in [1.82, 2.24) is 0 Å². The van der Waals surface area contributed by atoms with E-state index in [2.05, 4.69) is 0 Å². The monoisotopic (exact) mass is 110 g/mol. The SMILES string of the molecule is OC(F)CCCF. The van der Waals surface area contributed by atoms with Crippen LogP contribution >= 0.6 is 0 Å². The minimum atomic E-state index is -1.84. The van der Waals surface area contributed by atoms with Crippen molar-refractivity contribution in [2.24, 2.45) is 0 Å². The van der Waals surface area contributed by atoms with Gasteiger partial charge in [-0.05, 0) is 6.42 Å². The summed E-state index contributed by atoms with van der Waals surface area (Å²) in [6.07, 6.45) is -1.82. The Balaban J connectivity index is 2.68. The number of aliphatic hydroxyl groups excluding tert-OH is 1. The van der Waals surface area contributed by atoms with E-state index in [0.717, 1.165) is 0 Å². The minimum Gasteiger partial charge on any atom is -0.364 e. The second-order valence-corrected chi connectivity index (χ2v) is 1.27. The van der Waals surface area contributed by atoms with Gasteiger partial charge in [-0.1, -0.05) is 0 Å². The van der Waals surface area contributed by atoms with E-state index >= 15 is 0 Å². The molecule has 1 unspecified atom stereocenters. The lowest BCUT2D eigenvalue weighted by Gasteiger charge is -1.93. The highest BCUT2D eigenvalue weighted by molar-refractivity contribution is 4.37. The Labute approximate surface area is 41.0 Å². The molecule has 0 saturated heterocycles. The third-order valence-corrected chi connectivity index (χ3v) is 0.576. The summed E-state index contributed by atoms with van der Waals surface area (Å²) in [5.74, 6) is 0. The summed E-state index contributed by atoms with van der Waals surface area (Å²) >= 11 is 0. The van der Waals surface area contributed by atoms with Crippen molar-refractivity contribution in [2.45, 2.75) is 19.2 Å². The zero-order valence-corrected chi connectivity index (χ0v) is 3.90. The first-order chi connectivity index (χ1) is 3.27. The van der Waals surface area contributed by atoms with E-state index in [4.69, 9.17) is 5.11 Å².